The first-order valence-corrected chi connectivity index (χ1v) is 6.18. The first-order chi connectivity index (χ1) is 8.77. The predicted molar refractivity (Wildman–Crippen MR) is 73.6 cm³/mol. The van der Waals surface area contributed by atoms with E-state index in [0.29, 0.717) is 19.6 Å². The van der Waals surface area contributed by atoms with Gasteiger partial charge in [0, 0.05) is 6.54 Å². The van der Waals surface area contributed by atoms with Crippen molar-refractivity contribution in [3.63, 3.8) is 0 Å². The molecule has 1 aliphatic rings. The highest BCUT2D eigenvalue weighted by Crippen LogP contribution is 2.15. The fraction of sp³-hybridized carbons (Fsp3) is 0.462. The molecule has 1 aliphatic heterocycles. The van der Waals surface area contributed by atoms with Gasteiger partial charge in [0.15, 0.2) is 0 Å². The third-order valence-electron chi connectivity index (χ3n) is 3.05. The highest BCUT2D eigenvalue weighted by molar-refractivity contribution is 5.85. The second-order valence-electron chi connectivity index (χ2n) is 4.41. The van der Waals surface area contributed by atoms with Gasteiger partial charge in [-0.3, -0.25) is 9.63 Å². The van der Waals surface area contributed by atoms with E-state index in [2.05, 4.69) is 5.59 Å². The number of hydrogen-bond acceptors (Lipinski definition) is 4. The number of benzene rings is 1. The lowest BCUT2D eigenvalue weighted by Gasteiger charge is -2.32. The molecule has 0 amide bonds. The normalized spacial score (nSPS) is 19.7. The number of rotatable bonds is 5. The van der Waals surface area contributed by atoms with Gasteiger partial charge in [0.2, 0.25) is 0 Å². The molecule has 1 saturated heterocycles. The SMILES string of the molecule is Cl.O=C(O)C1CCCCN1NOCc1ccccc1. The average molecular weight is 287 g/mol. The van der Waals surface area contributed by atoms with E-state index in [0.717, 1.165) is 18.4 Å². The number of hydrogen-bond donors (Lipinski definition) is 2. The third kappa shape index (κ3) is 4.80. The topological polar surface area (TPSA) is 61.8 Å². The van der Waals surface area contributed by atoms with E-state index in [4.69, 9.17) is 9.94 Å². The summed E-state index contributed by atoms with van der Waals surface area (Å²) in [4.78, 5) is 16.4. The Morgan fingerprint density at radius 2 is 2.11 bits per heavy atom. The number of hydrazine groups is 1. The number of carboxylic acids is 1. The van der Waals surface area contributed by atoms with Crippen LogP contribution in [-0.4, -0.2) is 28.7 Å². The standard InChI is InChI=1S/C13H18N2O3.ClH/c16-13(17)12-8-4-5-9-15(12)14-18-10-11-6-2-1-3-7-11;/h1-3,6-7,12,14H,4-5,8-10H2,(H,16,17);1H. The Balaban J connectivity index is 0.00000180. The van der Waals surface area contributed by atoms with Crippen molar-refractivity contribution in [3.8, 4) is 0 Å². The second kappa shape index (κ2) is 8.12. The molecule has 2 rings (SSSR count). The number of aliphatic carboxylic acids is 1. The van der Waals surface area contributed by atoms with Gasteiger partial charge >= 0.3 is 5.97 Å². The summed E-state index contributed by atoms with van der Waals surface area (Å²) >= 11 is 0. The van der Waals surface area contributed by atoms with Crippen LogP contribution in [0, 0.1) is 0 Å². The first-order valence-electron chi connectivity index (χ1n) is 6.18. The van der Waals surface area contributed by atoms with E-state index >= 15 is 0 Å². The molecule has 0 spiro atoms. The van der Waals surface area contributed by atoms with E-state index in [-0.39, 0.29) is 12.4 Å². The van der Waals surface area contributed by atoms with Crippen LogP contribution < -0.4 is 5.59 Å². The van der Waals surface area contributed by atoms with Crippen LogP contribution in [0.25, 0.3) is 0 Å². The number of carboxylic acid groups (broad SMARTS) is 1. The molecule has 0 aliphatic carbocycles. The van der Waals surface area contributed by atoms with Gasteiger partial charge in [-0.2, -0.15) is 0 Å². The number of nitrogens with one attached hydrogen (secondary N) is 1. The molecule has 5 nitrogen and oxygen atoms in total. The monoisotopic (exact) mass is 286 g/mol. The Labute approximate surface area is 118 Å². The van der Waals surface area contributed by atoms with Crippen molar-refractivity contribution in [3.05, 3.63) is 35.9 Å². The summed E-state index contributed by atoms with van der Waals surface area (Å²) in [5, 5.41) is 10.7. The molecule has 1 heterocycles. The van der Waals surface area contributed by atoms with E-state index in [1.54, 1.807) is 5.01 Å². The maximum absolute atomic E-state index is 11.1. The maximum Gasteiger partial charge on any atom is 0.322 e. The van der Waals surface area contributed by atoms with Crippen molar-refractivity contribution >= 4 is 18.4 Å². The van der Waals surface area contributed by atoms with Crippen LogP contribution in [0.5, 0.6) is 0 Å². The summed E-state index contributed by atoms with van der Waals surface area (Å²) in [5.74, 6) is -0.800. The fourth-order valence-electron chi connectivity index (χ4n) is 2.07. The Bertz CT molecular complexity index is 389. The molecule has 1 aromatic carbocycles. The van der Waals surface area contributed by atoms with Gasteiger partial charge in [0.1, 0.15) is 6.04 Å². The number of piperidine rings is 1. The van der Waals surface area contributed by atoms with Crippen LogP contribution >= 0.6 is 12.4 Å². The Hall–Kier alpha value is -1.14. The minimum Gasteiger partial charge on any atom is -0.480 e. The second-order valence-corrected chi connectivity index (χ2v) is 4.41. The molecular weight excluding hydrogens is 268 g/mol. The molecule has 0 aromatic heterocycles. The highest BCUT2D eigenvalue weighted by atomic mass is 35.5. The van der Waals surface area contributed by atoms with Crippen LogP contribution in [0.2, 0.25) is 0 Å². The molecule has 1 atom stereocenters. The molecule has 0 radical (unpaired) electrons. The van der Waals surface area contributed by atoms with Crippen molar-refractivity contribution in [1.29, 1.82) is 0 Å². The predicted octanol–water partition coefficient (Wildman–Crippen LogP) is 1.98. The van der Waals surface area contributed by atoms with Crippen LogP contribution in [0.15, 0.2) is 30.3 Å². The van der Waals surface area contributed by atoms with Crippen molar-refractivity contribution in [1.82, 2.24) is 10.6 Å². The van der Waals surface area contributed by atoms with Gasteiger partial charge in [-0.15, -0.1) is 18.0 Å². The fourth-order valence-corrected chi connectivity index (χ4v) is 2.07. The maximum atomic E-state index is 11.1. The van der Waals surface area contributed by atoms with Crippen molar-refractivity contribution < 1.29 is 14.7 Å². The van der Waals surface area contributed by atoms with Crippen LogP contribution in [0.3, 0.4) is 0 Å². The Morgan fingerprint density at radius 1 is 1.37 bits per heavy atom. The number of carbonyl (C=O) groups is 1. The minimum atomic E-state index is -0.800. The van der Waals surface area contributed by atoms with Gasteiger partial charge in [-0.05, 0) is 24.8 Å². The molecule has 6 heteroatoms. The largest absolute Gasteiger partial charge is 0.480 e. The molecule has 1 aromatic rings. The molecule has 106 valence electrons. The number of halogens is 1. The van der Waals surface area contributed by atoms with Crippen molar-refractivity contribution in [2.75, 3.05) is 6.54 Å². The van der Waals surface area contributed by atoms with Gasteiger partial charge in [-0.25, -0.2) is 5.01 Å². The third-order valence-corrected chi connectivity index (χ3v) is 3.05. The van der Waals surface area contributed by atoms with Crippen molar-refractivity contribution in [2.24, 2.45) is 0 Å². The molecule has 1 fully saturated rings. The zero-order valence-corrected chi connectivity index (χ0v) is 11.4. The molecule has 0 saturated carbocycles. The van der Waals surface area contributed by atoms with Gasteiger partial charge in [0.25, 0.3) is 0 Å². The zero-order chi connectivity index (χ0) is 12.8. The smallest absolute Gasteiger partial charge is 0.322 e. The summed E-state index contributed by atoms with van der Waals surface area (Å²) in [6, 6.07) is 9.27. The lowest BCUT2D eigenvalue weighted by Crippen LogP contribution is -2.51. The molecule has 19 heavy (non-hydrogen) atoms. The number of nitrogens with zero attached hydrogens (tertiary/aromatic N) is 1. The lowest BCUT2D eigenvalue weighted by atomic mass is 10.0. The highest BCUT2D eigenvalue weighted by Gasteiger charge is 2.28. The summed E-state index contributed by atoms with van der Waals surface area (Å²) < 4.78 is 0. The quantitative estimate of drug-likeness (QED) is 0.811. The minimum absolute atomic E-state index is 0. The summed E-state index contributed by atoms with van der Waals surface area (Å²) in [6.07, 6.45) is 2.61. The average Bonchev–Trinajstić information content (AvgIpc) is 2.40. The van der Waals surface area contributed by atoms with E-state index in [9.17, 15) is 4.79 Å². The van der Waals surface area contributed by atoms with Gasteiger partial charge in [-0.1, -0.05) is 30.3 Å². The molecule has 1 unspecified atom stereocenters. The van der Waals surface area contributed by atoms with E-state index in [1.165, 1.54) is 0 Å². The summed E-state index contributed by atoms with van der Waals surface area (Å²) in [5.41, 5.74) is 3.80. The van der Waals surface area contributed by atoms with E-state index in [1.807, 2.05) is 30.3 Å². The Morgan fingerprint density at radius 3 is 2.79 bits per heavy atom. The summed E-state index contributed by atoms with van der Waals surface area (Å²) in [7, 11) is 0. The first kappa shape index (κ1) is 15.9. The molecular formula is C13H19ClN2O3. The van der Waals surface area contributed by atoms with Crippen LogP contribution in [-0.2, 0) is 16.2 Å². The summed E-state index contributed by atoms with van der Waals surface area (Å²) in [6.45, 7) is 1.12. The van der Waals surface area contributed by atoms with Crippen molar-refractivity contribution in [2.45, 2.75) is 31.9 Å². The Kier molecular flexibility index (Phi) is 6.80. The van der Waals surface area contributed by atoms with E-state index < -0.39 is 12.0 Å². The molecule has 0 bridgehead atoms. The lowest BCUT2D eigenvalue weighted by molar-refractivity contribution is -0.162. The van der Waals surface area contributed by atoms with Crippen LogP contribution in [0.1, 0.15) is 24.8 Å². The van der Waals surface area contributed by atoms with Gasteiger partial charge in [0.05, 0.1) is 6.61 Å². The van der Waals surface area contributed by atoms with Gasteiger partial charge < -0.3 is 5.11 Å². The van der Waals surface area contributed by atoms with Crippen LogP contribution in [0.4, 0.5) is 0 Å². The zero-order valence-electron chi connectivity index (χ0n) is 10.6. The molecule has 2 N–H and O–H groups in total.